The fraction of sp³-hybridized carbons (Fsp3) is 1.00. The molecule has 0 aromatic rings. The largest absolute Gasteiger partial charge is 0.330 e. The highest BCUT2D eigenvalue weighted by atomic mass is 19.3. The lowest BCUT2D eigenvalue weighted by Gasteiger charge is -2.32. The molecule has 1 aliphatic rings. The maximum Gasteiger partial charge on any atom is 0.242 e. The standard InChI is InChI=1S/C11H21F2N/c1-2-8-3-5-9(6-4-8)10(7-14)11(12)13/h8-11H,2-7,14H2,1H3. The van der Waals surface area contributed by atoms with Crippen LogP contribution in [0, 0.1) is 17.8 Å². The molecule has 3 heteroatoms. The van der Waals surface area contributed by atoms with Crippen molar-refractivity contribution in [2.45, 2.75) is 45.5 Å². The first-order chi connectivity index (χ1) is 6.69. The second-order valence-corrected chi connectivity index (χ2v) is 4.42. The molecule has 0 aliphatic heterocycles. The van der Waals surface area contributed by atoms with E-state index < -0.39 is 12.3 Å². The van der Waals surface area contributed by atoms with Crippen molar-refractivity contribution in [2.24, 2.45) is 23.5 Å². The molecule has 1 saturated carbocycles. The average molecular weight is 205 g/mol. The summed E-state index contributed by atoms with van der Waals surface area (Å²) in [6.07, 6.45) is 3.09. The van der Waals surface area contributed by atoms with Gasteiger partial charge in [0.1, 0.15) is 0 Å². The molecule has 0 amide bonds. The van der Waals surface area contributed by atoms with Crippen LogP contribution in [-0.4, -0.2) is 13.0 Å². The summed E-state index contributed by atoms with van der Waals surface area (Å²) in [5.74, 6) is 0.373. The van der Waals surface area contributed by atoms with Gasteiger partial charge in [0.15, 0.2) is 0 Å². The molecule has 1 aliphatic carbocycles. The first-order valence-corrected chi connectivity index (χ1v) is 5.67. The monoisotopic (exact) mass is 205 g/mol. The van der Waals surface area contributed by atoms with Crippen LogP contribution in [0.4, 0.5) is 8.78 Å². The molecule has 0 aromatic heterocycles. The van der Waals surface area contributed by atoms with Gasteiger partial charge >= 0.3 is 0 Å². The summed E-state index contributed by atoms with van der Waals surface area (Å²) in [7, 11) is 0. The van der Waals surface area contributed by atoms with Crippen LogP contribution in [0.15, 0.2) is 0 Å². The van der Waals surface area contributed by atoms with Gasteiger partial charge in [-0.15, -0.1) is 0 Å². The highest BCUT2D eigenvalue weighted by Gasteiger charge is 2.31. The number of rotatable bonds is 4. The van der Waals surface area contributed by atoms with Gasteiger partial charge in [-0.2, -0.15) is 0 Å². The van der Waals surface area contributed by atoms with Crippen LogP contribution in [0.5, 0.6) is 0 Å². The lowest BCUT2D eigenvalue weighted by molar-refractivity contribution is 0.0309. The van der Waals surface area contributed by atoms with Gasteiger partial charge in [-0.05, 0) is 24.7 Å². The number of alkyl halides is 2. The lowest BCUT2D eigenvalue weighted by atomic mass is 9.75. The van der Waals surface area contributed by atoms with Crippen LogP contribution in [0.1, 0.15) is 39.0 Å². The lowest BCUT2D eigenvalue weighted by Crippen LogP contribution is -2.32. The summed E-state index contributed by atoms with van der Waals surface area (Å²) >= 11 is 0. The fourth-order valence-electron chi connectivity index (χ4n) is 2.53. The Hall–Kier alpha value is -0.180. The Balaban J connectivity index is 2.39. The van der Waals surface area contributed by atoms with Crippen molar-refractivity contribution in [3.63, 3.8) is 0 Å². The Labute approximate surface area is 85.1 Å². The van der Waals surface area contributed by atoms with Crippen molar-refractivity contribution >= 4 is 0 Å². The minimum Gasteiger partial charge on any atom is -0.330 e. The van der Waals surface area contributed by atoms with Crippen molar-refractivity contribution < 1.29 is 8.78 Å². The van der Waals surface area contributed by atoms with Crippen LogP contribution in [0.2, 0.25) is 0 Å². The summed E-state index contributed by atoms with van der Waals surface area (Å²) in [5.41, 5.74) is 5.39. The molecule has 1 unspecified atom stereocenters. The van der Waals surface area contributed by atoms with E-state index >= 15 is 0 Å². The summed E-state index contributed by atoms with van der Waals surface area (Å²) in [6.45, 7) is 2.32. The van der Waals surface area contributed by atoms with Gasteiger partial charge in [0.05, 0.1) is 0 Å². The third-order valence-electron chi connectivity index (χ3n) is 3.67. The highest BCUT2D eigenvalue weighted by Crippen LogP contribution is 2.36. The number of halogens is 2. The van der Waals surface area contributed by atoms with Gasteiger partial charge in [0.25, 0.3) is 0 Å². The molecule has 2 N–H and O–H groups in total. The molecule has 1 rings (SSSR count). The van der Waals surface area contributed by atoms with E-state index in [0.717, 1.165) is 31.6 Å². The van der Waals surface area contributed by atoms with Crippen molar-refractivity contribution in [3.05, 3.63) is 0 Å². The van der Waals surface area contributed by atoms with E-state index in [9.17, 15) is 8.78 Å². The average Bonchev–Trinajstić information content (AvgIpc) is 2.19. The second kappa shape index (κ2) is 5.64. The molecule has 1 nitrogen and oxygen atoms in total. The Morgan fingerprint density at radius 3 is 2.14 bits per heavy atom. The topological polar surface area (TPSA) is 26.0 Å². The van der Waals surface area contributed by atoms with Crippen LogP contribution < -0.4 is 5.73 Å². The van der Waals surface area contributed by atoms with Crippen LogP contribution in [0.25, 0.3) is 0 Å². The molecule has 0 radical (unpaired) electrons. The number of nitrogens with two attached hydrogens (primary N) is 1. The Bertz CT molecular complexity index is 153. The molecular formula is C11H21F2N. The van der Waals surface area contributed by atoms with Gasteiger partial charge in [-0.25, -0.2) is 8.78 Å². The smallest absolute Gasteiger partial charge is 0.242 e. The van der Waals surface area contributed by atoms with E-state index in [2.05, 4.69) is 6.92 Å². The molecule has 0 heterocycles. The van der Waals surface area contributed by atoms with Crippen molar-refractivity contribution in [1.29, 1.82) is 0 Å². The van der Waals surface area contributed by atoms with E-state index in [4.69, 9.17) is 5.73 Å². The highest BCUT2D eigenvalue weighted by molar-refractivity contribution is 4.79. The molecule has 0 aromatic carbocycles. The zero-order valence-corrected chi connectivity index (χ0v) is 8.89. The van der Waals surface area contributed by atoms with E-state index in [1.54, 1.807) is 0 Å². The molecule has 84 valence electrons. The SMILES string of the molecule is CCC1CCC(C(CN)C(F)F)CC1. The third kappa shape index (κ3) is 2.91. The minimum absolute atomic E-state index is 0.138. The predicted molar refractivity (Wildman–Crippen MR) is 54.3 cm³/mol. The summed E-state index contributed by atoms with van der Waals surface area (Å²) in [5, 5.41) is 0. The minimum atomic E-state index is -2.23. The Morgan fingerprint density at radius 1 is 1.21 bits per heavy atom. The van der Waals surface area contributed by atoms with E-state index in [1.807, 2.05) is 0 Å². The summed E-state index contributed by atoms with van der Waals surface area (Å²) in [6, 6.07) is 0. The quantitative estimate of drug-likeness (QED) is 0.750. The van der Waals surface area contributed by atoms with E-state index in [-0.39, 0.29) is 12.5 Å². The van der Waals surface area contributed by atoms with Gasteiger partial charge in [0.2, 0.25) is 6.43 Å². The molecular weight excluding hydrogens is 184 g/mol. The number of hydrogen-bond donors (Lipinski definition) is 1. The molecule has 14 heavy (non-hydrogen) atoms. The molecule has 0 saturated heterocycles. The maximum absolute atomic E-state index is 12.6. The zero-order valence-electron chi connectivity index (χ0n) is 8.89. The van der Waals surface area contributed by atoms with Gasteiger partial charge in [-0.1, -0.05) is 26.2 Å². The van der Waals surface area contributed by atoms with Crippen LogP contribution in [-0.2, 0) is 0 Å². The molecule has 0 spiro atoms. The van der Waals surface area contributed by atoms with Gasteiger partial charge in [-0.3, -0.25) is 0 Å². The first-order valence-electron chi connectivity index (χ1n) is 5.67. The predicted octanol–water partition coefficient (Wildman–Crippen LogP) is 3.04. The normalized spacial score (nSPS) is 30.6. The van der Waals surface area contributed by atoms with Crippen molar-refractivity contribution in [1.82, 2.24) is 0 Å². The Kier molecular flexibility index (Phi) is 4.79. The maximum atomic E-state index is 12.6. The van der Waals surface area contributed by atoms with Crippen LogP contribution in [0.3, 0.4) is 0 Å². The zero-order chi connectivity index (χ0) is 10.6. The van der Waals surface area contributed by atoms with Crippen LogP contribution >= 0.6 is 0 Å². The third-order valence-corrected chi connectivity index (χ3v) is 3.67. The van der Waals surface area contributed by atoms with E-state index in [1.165, 1.54) is 6.42 Å². The van der Waals surface area contributed by atoms with Crippen molar-refractivity contribution in [2.75, 3.05) is 6.54 Å². The number of hydrogen-bond acceptors (Lipinski definition) is 1. The summed E-state index contributed by atoms with van der Waals surface area (Å²) < 4.78 is 25.2. The molecule has 1 fully saturated rings. The molecule has 1 atom stereocenters. The van der Waals surface area contributed by atoms with Gasteiger partial charge < -0.3 is 5.73 Å². The van der Waals surface area contributed by atoms with Gasteiger partial charge in [0, 0.05) is 12.5 Å². The Morgan fingerprint density at radius 2 is 1.79 bits per heavy atom. The van der Waals surface area contributed by atoms with E-state index in [0.29, 0.717) is 0 Å². The fourth-order valence-corrected chi connectivity index (χ4v) is 2.53. The summed E-state index contributed by atoms with van der Waals surface area (Å²) in [4.78, 5) is 0. The second-order valence-electron chi connectivity index (χ2n) is 4.42. The molecule has 0 bridgehead atoms. The van der Waals surface area contributed by atoms with Crippen molar-refractivity contribution in [3.8, 4) is 0 Å². The first kappa shape index (κ1) is 11.9.